The third-order valence-corrected chi connectivity index (χ3v) is 3.67. The normalized spacial score (nSPS) is 12.9. The number of nitriles is 1. The second-order valence-corrected chi connectivity index (χ2v) is 6.37. The molecule has 2 nitrogen and oxygen atoms in total. The van der Waals surface area contributed by atoms with E-state index in [0.717, 1.165) is 16.7 Å². The van der Waals surface area contributed by atoms with Crippen LogP contribution in [0.2, 0.25) is 0 Å². The van der Waals surface area contributed by atoms with Crippen LogP contribution in [-0.2, 0) is 0 Å². The average Bonchev–Trinajstić information content (AvgIpc) is 2.25. The molecule has 0 aliphatic carbocycles. The van der Waals surface area contributed by atoms with Gasteiger partial charge in [-0.3, -0.25) is 0 Å². The highest BCUT2D eigenvalue weighted by Gasteiger charge is 2.19. The van der Waals surface area contributed by atoms with Gasteiger partial charge in [0.1, 0.15) is 6.07 Å². The Balaban J connectivity index is 2.74. The number of nitrogens with one attached hydrogen (secondary N) is 1. The van der Waals surface area contributed by atoms with Gasteiger partial charge in [-0.1, -0.05) is 43.6 Å². The van der Waals surface area contributed by atoms with E-state index in [-0.39, 0.29) is 5.41 Å². The summed E-state index contributed by atoms with van der Waals surface area (Å²) in [5, 5.41) is 12.4. The summed E-state index contributed by atoms with van der Waals surface area (Å²) in [5.41, 5.74) is 1.86. The van der Waals surface area contributed by atoms with Gasteiger partial charge in [0.25, 0.3) is 0 Å². The minimum Gasteiger partial charge on any atom is -0.384 e. The van der Waals surface area contributed by atoms with E-state index in [4.69, 9.17) is 5.26 Å². The van der Waals surface area contributed by atoms with Crippen LogP contribution in [0, 0.1) is 22.7 Å². The van der Waals surface area contributed by atoms with Crippen LogP contribution in [0.25, 0.3) is 0 Å². The Labute approximate surface area is 112 Å². The number of rotatable bonds is 3. The van der Waals surface area contributed by atoms with Gasteiger partial charge in [-0.25, -0.2) is 0 Å². The molecule has 0 aliphatic rings. The van der Waals surface area contributed by atoms with E-state index in [1.807, 2.05) is 18.2 Å². The SMILES string of the molecule is CC(CNc1ccc(Br)cc1C#N)C(C)(C)C. The van der Waals surface area contributed by atoms with Crippen molar-refractivity contribution in [3.8, 4) is 6.07 Å². The Bertz CT molecular complexity index is 427. The Morgan fingerprint density at radius 2 is 2.06 bits per heavy atom. The fourth-order valence-corrected chi connectivity index (χ4v) is 1.69. The zero-order valence-corrected chi connectivity index (χ0v) is 12.4. The molecule has 0 aliphatic heterocycles. The lowest BCUT2D eigenvalue weighted by molar-refractivity contribution is 0.274. The molecule has 0 heterocycles. The van der Waals surface area contributed by atoms with Crippen LogP contribution in [0.3, 0.4) is 0 Å². The summed E-state index contributed by atoms with van der Waals surface area (Å²) >= 11 is 3.37. The number of anilines is 1. The van der Waals surface area contributed by atoms with E-state index in [0.29, 0.717) is 11.5 Å². The van der Waals surface area contributed by atoms with Crippen molar-refractivity contribution in [1.82, 2.24) is 0 Å². The Morgan fingerprint density at radius 3 is 2.59 bits per heavy atom. The third kappa shape index (κ3) is 4.05. The van der Waals surface area contributed by atoms with Crippen molar-refractivity contribution in [3.63, 3.8) is 0 Å². The van der Waals surface area contributed by atoms with Crippen molar-refractivity contribution in [2.45, 2.75) is 27.7 Å². The summed E-state index contributed by atoms with van der Waals surface area (Å²) in [6.45, 7) is 9.78. The monoisotopic (exact) mass is 294 g/mol. The Morgan fingerprint density at radius 1 is 1.41 bits per heavy atom. The van der Waals surface area contributed by atoms with Gasteiger partial charge in [-0.2, -0.15) is 5.26 Å². The summed E-state index contributed by atoms with van der Waals surface area (Å²) in [7, 11) is 0. The van der Waals surface area contributed by atoms with E-state index in [2.05, 4.69) is 55.0 Å². The van der Waals surface area contributed by atoms with E-state index in [1.165, 1.54) is 0 Å². The van der Waals surface area contributed by atoms with Gasteiger partial charge in [-0.15, -0.1) is 0 Å². The molecule has 1 aromatic carbocycles. The molecule has 0 amide bonds. The molecule has 1 aromatic rings. The van der Waals surface area contributed by atoms with Gasteiger partial charge >= 0.3 is 0 Å². The van der Waals surface area contributed by atoms with Crippen LogP contribution >= 0.6 is 15.9 Å². The van der Waals surface area contributed by atoms with E-state index >= 15 is 0 Å². The smallest absolute Gasteiger partial charge is 0.101 e. The first-order valence-corrected chi connectivity index (χ1v) is 6.57. The predicted molar refractivity (Wildman–Crippen MR) is 76.0 cm³/mol. The van der Waals surface area contributed by atoms with Crippen LogP contribution in [0.1, 0.15) is 33.3 Å². The number of halogens is 1. The average molecular weight is 295 g/mol. The molecule has 92 valence electrons. The fraction of sp³-hybridized carbons (Fsp3) is 0.500. The molecule has 0 aromatic heterocycles. The quantitative estimate of drug-likeness (QED) is 0.896. The second kappa shape index (κ2) is 5.55. The number of nitrogens with zero attached hydrogens (tertiary/aromatic N) is 1. The van der Waals surface area contributed by atoms with E-state index in [1.54, 1.807) is 0 Å². The molecular weight excluding hydrogens is 276 g/mol. The van der Waals surface area contributed by atoms with Crippen molar-refractivity contribution >= 4 is 21.6 Å². The lowest BCUT2D eigenvalue weighted by atomic mass is 9.82. The summed E-state index contributed by atoms with van der Waals surface area (Å²) in [5.74, 6) is 0.540. The highest BCUT2D eigenvalue weighted by atomic mass is 79.9. The van der Waals surface area contributed by atoms with Crippen molar-refractivity contribution in [3.05, 3.63) is 28.2 Å². The summed E-state index contributed by atoms with van der Waals surface area (Å²) in [6.07, 6.45) is 0. The molecule has 1 N–H and O–H groups in total. The van der Waals surface area contributed by atoms with Gasteiger partial charge in [-0.05, 0) is 29.5 Å². The van der Waals surface area contributed by atoms with Crippen molar-refractivity contribution in [1.29, 1.82) is 5.26 Å². The first-order valence-electron chi connectivity index (χ1n) is 5.78. The van der Waals surface area contributed by atoms with Crippen LogP contribution < -0.4 is 5.32 Å². The van der Waals surface area contributed by atoms with Gasteiger partial charge in [0.15, 0.2) is 0 Å². The molecule has 3 heteroatoms. The van der Waals surface area contributed by atoms with Gasteiger partial charge in [0.05, 0.1) is 11.3 Å². The summed E-state index contributed by atoms with van der Waals surface area (Å²) in [4.78, 5) is 0. The number of hydrogen-bond acceptors (Lipinski definition) is 2. The van der Waals surface area contributed by atoms with E-state index < -0.39 is 0 Å². The van der Waals surface area contributed by atoms with Crippen molar-refractivity contribution in [2.75, 3.05) is 11.9 Å². The number of hydrogen-bond donors (Lipinski definition) is 1. The van der Waals surface area contributed by atoms with Crippen LogP contribution in [0.5, 0.6) is 0 Å². The molecular formula is C14H19BrN2. The molecule has 0 saturated heterocycles. The molecule has 0 radical (unpaired) electrons. The predicted octanol–water partition coefficient (Wildman–Crippen LogP) is 4.41. The van der Waals surface area contributed by atoms with Crippen molar-refractivity contribution in [2.24, 2.45) is 11.3 Å². The molecule has 17 heavy (non-hydrogen) atoms. The topological polar surface area (TPSA) is 35.8 Å². The first kappa shape index (κ1) is 14.1. The maximum absolute atomic E-state index is 9.06. The highest BCUT2D eigenvalue weighted by molar-refractivity contribution is 9.10. The molecule has 1 unspecified atom stereocenters. The minimum absolute atomic E-state index is 0.273. The largest absolute Gasteiger partial charge is 0.384 e. The van der Waals surface area contributed by atoms with Crippen LogP contribution in [0.15, 0.2) is 22.7 Å². The minimum atomic E-state index is 0.273. The Hall–Kier alpha value is -1.01. The van der Waals surface area contributed by atoms with Gasteiger partial charge in [0.2, 0.25) is 0 Å². The van der Waals surface area contributed by atoms with Gasteiger partial charge in [0, 0.05) is 11.0 Å². The lowest BCUT2D eigenvalue weighted by Crippen LogP contribution is -2.25. The number of benzene rings is 1. The maximum Gasteiger partial charge on any atom is 0.101 e. The van der Waals surface area contributed by atoms with Crippen molar-refractivity contribution < 1.29 is 0 Å². The molecule has 0 bridgehead atoms. The first-order chi connectivity index (χ1) is 7.84. The molecule has 0 spiro atoms. The Kier molecular flexibility index (Phi) is 4.59. The standard InChI is InChI=1S/C14H19BrN2/c1-10(14(2,3)4)9-17-13-6-5-12(15)7-11(13)8-16/h5-7,10,17H,9H2,1-4H3. The summed E-state index contributed by atoms with van der Waals surface area (Å²) in [6, 6.07) is 7.94. The molecule has 1 rings (SSSR count). The van der Waals surface area contributed by atoms with Crippen LogP contribution in [-0.4, -0.2) is 6.54 Å². The maximum atomic E-state index is 9.06. The molecule has 0 saturated carbocycles. The summed E-state index contributed by atoms with van der Waals surface area (Å²) < 4.78 is 0.934. The van der Waals surface area contributed by atoms with Crippen LogP contribution in [0.4, 0.5) is 5.69 Å². The third-order valence-electron chi connectivity index (χ3n) is 3.18. The zero-order valence-electron chi connectivity index (χ0n) is 10.8. The van der Waals surface area contributed by atoms with E-state index in [9.17, 15) is 0 Å². The van der Waals surface area contributed by atoms with Gasteiger partial charge < -0.3 is 5.32 Å². The molecule has 1 atom stereocenters. The highest BCUT2D eigenvalue weighted by Crippen LogP contribution is 2.26. The fourth-order valence-electron chi connectivity index (χ4n) is 1.33. The second-order valence-electron chi connectivity index (χ2n) is 5.45. The molecule has 0 fully saturated rings. The lowest BCUT2D eigenvalue weighted by Gasteiger charge is -2.27. The zero-order chi connectivity index (χ0) is 13.1.